The lowest BCUT2D eigenvalue weighted by Gasteiger charge is -2.18. The molecule has 3 aromatic rings. The van der Waals surface area contributed by atoms with Crippen LogP contribution in [0.25, 0.3) is 5.70 Å². The second-order valence-corrected chi connectivity index (χ2v) is 8.39. The Bertz CT molecular complexity index is 1270. The topological polar surface area (TPSA) is 84.2 Å². The first-order chi connectivity index (χ1) is 13.9. The number of sulfonamides is 1. The number of fused-ring (bicyclic) bond motifs is 1. The van der Waals surface area contributed by atoms with E-state index in [1.54, 1.807) is 48.8 Å². The van der Waals surface area contributed by atoms with E-state index in [-0.39, 0.29) is 27.4 Å². The van der Waals surface area contributed by atoms with E-state index in [4.69, 9.17) is 11.6 Å². The van der Waals surface area contributed by atoms with Crippen LogP contribution in [0.5, 0.6) is 0 Å². The molecule has 1 heterocycles. The van der Waals surface area contributed by atoms with Gasteiger partial charge in [-0.05, 0) is 24.3 Å². The number of carbonyl (C=O) groups excluding carboxylic acids is 2. The number of Topliss-reactive ketones (excluding diaryl/α,β-unsaturated/α-hetero) is 2. The van der Waals surface area contributed by atoms with Gasteiger partial charge < -0.3 is 0 Å². The summed E-state index contributed by atoms with van der Waals surface area (Å²) in [7, 11) is -4.13. The van der Waals surface area contributed by atoms with Crippen molar-refractivity contribution in [3.05, 3.63) is 101 Å². The van der Waals surface area contributed by atoms with Crippen molar-refractivity contribution in [2.75, 3.05) is 0 Å². The lowest BCUT2D eigenvalue weighted by atomic mass is 9.90. The van der Waals surface area contributed by atoms with E-state index in [9.17, 15) is 18.0 Å². The molecule has 0 spiro atoms. The maximum absolute atomic E-state index is 13.2. The van der Waals surface area contributed by atoms with Crippen molar-refractivity contribution < 1.29 is 22.6 Å². The molecule has 1 aliphatic carbocycles. The van der Waals surface area contributed by atoms with Crippen molar-refractivity contribution >= 4 is 38.9 Å². The largest absolute Gasteiger partial charge is 0.287 e. The van der Waals surface area contributed by atoms with Crippen LogP contribution in [0.15, 0.2) is 89.7 Å². The smallest absolute Gasteiger partial charge is 0.287 e. The van der Waals surface area contributed by atoms with Crippen molar-refractivity contribution in [2.24, 2.45) is 0 Å². The summed E-state index contributed by atoms with van der Waals surface area (Å²) in [5.74, 6) is -1.03. The van der Waals surface area contributed by atoms with Crippen LogP contribution in [-0.4, -0.2) is 20.0 Å². The van der Waals surface area contributed by atoms with Gasteiger partial charge in [0.1, 0.15) is 0 Å². The fraction of sp³-hybridized carbons (Fsp3) is 0. The van der Waals surface area contributed by atoms with Gasteiger partial charge in [0.2, 0.25) is 5.78 Å². The van der Waals surface area contributed by atoms with Gasteiger partial charge >= 0.3 is 0 Å². The van der Waals surface area contributed by atoms with Gasteiger partial charge in [0.25, 0.3) is 21.5 Å². The summed E-state index contributed by atoms with van der Waals surface area (Å²) in [4.78, 5) is 26.2. The first-order valence-electron chi connectivity index (χ1n) is 8.56. The Morgan fingerprint density at radius 3 is 1.97 bits per heavy atom. The van der Waals surface area contributed by atoms with Crippen LogP contribution in [0, 0.1) is 0 Å². The van der Waals surface area contributed by atoms with E-state index in [0.717, 1.165) is 0 Å². The number of halogens is 1. The molecule has 0 amide bonds. The first kappa shape index (κ1) is 19.0. The Balaban J connectivity index is 1.90. The molecule has 144 valence electrons. The molecule has 0 fully saturated rings. The highest BCUT2D eigenvalue weighted by Crippen LogP contribution is 2.26. The van der Waals surface area contributed by atoms with E-state index >= 15 is 0 Å². The van der Waals surface area contributed by atoms with Crippen LogP contribution in [0.4, 0.5) is 0 Å². The van der Waals surface area contributed by atoms with E-state index in [1.165, 1.54) is 34.9 Å². The molecule has 0 unspecified atom stereocenters. The number of ketones is 2. The zero-order valence-corrected chi connectivity index (χ0v) is 16.4. The minimum Gasteiger partial charge on any atom is -0.287 e. The van der Waals surface area contributed by atoms with Gasteiger partial charge in [0, 0.05) is 28.3 Å². The van der Waals surface area contributed by atoms with Crippen LogP contribution in [-0.2, 0) is 10.0 Å². The number of hydrogen-bond donors (Lipinski definition) is 1. The third-order valence-electron chi connectivity index (χ3n) is 4.43. The van der Waals surface area contributed by atoms with Gasteiger partial charge in [-0.25, -0.2) is 8.42 Å². The highest BCUT2D eigenvalue weighted by molar-refractivity contribution is 7.89. The molecule has 6 nitrogen and oxygen atoms in total. The van der Waals surface area contributed by atoms with Crippen molar-refractivity contribution in [3.63, 3.8) is 0 Å². The van der Waals surface area contributed by atoms with E-state index < -0.39 is 21.6 Å². The molecule has 0 saturated carbocycles. The van der Waals surface area contributed by atoms with Crippen LogP contribution < -0.4 is 9.29 Å². The summed E-state index contributed by atoms with van der Waals surface area (Å²) in [6, 6.07) is 16.9. The monoisotopic (exact) mass is 425 g/mol. The summed E-state index contributed by atoms with van der Waals surface area (Å²) < 4.78 is 29.5. The molecule has 1 N–H and O–H groups in total. The summed E-state index contributed by atoms with van der Waals surface area (Å²) >= 11 is 5.83. The first-order valence-corrected chi connectivity index (χ1v) is 10.4. The summed E-state index contributed by atoms with van der Waals surface area (Å²) in [6.45, 7) is 0. The van der Waals surface area contributed by atoms with E-state index in [0.29, 0.717) is 5.02 Å². The highest BCUT2D eigenvalue weighted by Gasteiger charge is 2.40. The molecule has 4 rings (SSSR count). The van der Waals surface area contributed by atoms with Crippen LogP contribution in [0.1, 0.15) is 20.7 Å². The van der Waals surface area contributed by atoms with E-state index in [2.05, 4.69) is 4.72 Å². The maximum Gasteiger partial charge on any atom is 0.287 e. The van der Waals surface area contributed by atoms with Gasteiger partial charge in [-0.15, -0.1) is 0 Å². The average Bonchev–Trinajstić information content (AvgIpc) is 2.73. The van der Waals surface area contributed by atoms with E-state index in [1.807, 2.05) is 0 Å². The molecular formula is C21H14ClN2O4S+. The average molecular weight is 426 g/mol. The van der Waals surface area contributed by atoms with Gasteiger partial charge in [0.15, 0.2) is 18.1 Å². The van der Waals surface area contributed by atoms with Gasteiger partial charge in [0.05, 0.1) is 4.90 Å². The number of aromatic nitrogens is 1. The second-order valence-electron chi connectivity index (χ2n) is 6.27. The molecule has 29 heavy (non-hydrogen) atoms. The number of nitrogens with one attached hydrogen (secondary N) is 1. The molecule has 1 aromatic heterocycles. The third-order valence-corrected chi connectivity index (χ3v) is 6.05. The zero-order valence-electron chi connectivity index (χ0n) is 14.9. The lowest BCUT2D eigenvalue weighted by molar-refractivity contribution is -0.577. The van der Waals surface area contributed by atoms with Crippen molar-refractivity contribution in [2.45, 2.75) is 4.90 Å². The number of rotatable bonds is 4. The Hall–Kier alpha value is -3.29. The normalized spacial score (nSPS) is 14.0. The third kappa shape index (κ3) is 3.46. The number of benzene rings is 2. The van der Waals surface area contributed by atoms with Crippen molar-refractivity contribution in [1.29, 1.82) is 0 Å². The summed E-state index contributed by atoms with van der Waals surface area (Å²) in [5, 5.41) is 0.376. The Morgan fingerprint density at radius 2 is 1.34 bits per heavy atom. The zero-order chi connectivity index (χ0) is 20.6. The standard InChI is InChI=1S/C21H13ClN2O4S/c22-14-8-10-15(11-9-14)29(27,28)23-18-19(24-12-4-1-5-13-24)21(26)17-7-3-2-6-16(17)20(18)25/h1-13H/p+1. The molecule has 2 aromatic carbocycles. The fourth-order valence-corrected chi connectivity index (χ4v) is 4.25. The second kappa shape index (κ2) is 7.27. The molecule has 0 bridgehead atoms. The van der Waals surface area contributed by atoms with Gasteiger partial charge in [-0.2, -0.15) is 4.57 Å². The van der Waals surface area contributed by atoms with Crippen molar-refractivity contribution in [1.82, 2.24) is 4.72 Å². The highest BCUT2D eigenvalue weighted by atomic mass is 35.5. The summed E-state index contributed by atoms with van der Waals surface area (Å²) in [6.07, 6.45) is 3.15. The van der Waals surface area contributed by atoms with Crippen LogP contribution in [0.3, 0.4) is 0 Å². The number of hydrogen-bond acceptors (Lipinski definition) is 4. The van der Waals surface area contributed by atoms with Crippen LogP contribution >= 0.6 is 11.6 Å². The van der Waals surface area contributed by atoms with Crippen LogP contribution in [0.2, 0.25) is 5.02 Å². The molecule has 8 heteroatoms. The predicted octanol–water partition coefficient (Wildman–Crippen LogP) is 2.85. The quantitative estimate of drug-likeness (QED) is 0.651. The van der Waals surface area contributed by atoms with Crippen molar-refractivity contribution in [3.8, 4) is 0 Å². The Labute approximate surface area is 172 Å². The number of nitrogens with zero attached hydrogens (tertiary/aromatic N) is 1. The number of pyridine rings is 1. The lowest BCUT2D eigenvalue weighted by Crippen LogP contribution is -2.44. The molecule has 0 atom stereocenters. The minimum absolute atomic E-state index is 0.0631. The predicted molar refractivity (Wildman–Crippen MR) is 107 cm³/mol. The van der Waals surface area contributed by atoms with Gasteiger partial charge in [-0.1, -0.05) is 41.9 Å². The fourth-order valence-electron chi connectivity index (χ4n) is 3.06. The Morgan fingerprint density at radius 1 is 0.759 bits per heavy atom. The molecule has 0 radical (unpaired) electrons. The molecule has 1 aliphatic rings. The SMILES string of the molecule is O=C1C(NS(=O)(=O)c2ccc(Cl)cc2)=C([n+]2ccccc2)C(=O)c2ccccc21. The number of carbonyl (C=O) groups is 2. The molecule has 0 saturated heterocycles. The van der Waals surface area contributed by atoms with Gasteiger partial charge in [-0.3, -0.25) is 14.3 Å². The maximum atomic E-state index is 13.2. The molecule has 0 aliphatic heterocycles. The summed E-state index contributed by atoms with van der Waals surface area (Å²) in [5.41, 5.74) is -0.00318. The Kier molecular flexibility index (Phi) is 4.77. The minimum atomic E-state index is -4.13. The number of allylic oxidation sites excluding steroid dienone is 2. The molecular weight excluding hydrogens is 412 g/mol.